The van der Waals surface area contributed by atoms with Gasteiger partial charge in [0.2, 0.25) is 10.0 Å². The molecule has 0 radical (unpaired) electrons. The monoisotopic (exact) mass is 517 g/mol. The lowest BCUT2D eigenvalue weighted by atomic mass is 10.1. The molecule has 2 aromatic carbocycles. The van der Waals surface area contributed by atoms with E-state index in [1.807, 2.05) is 0 Å². The summed E-state index contributed by atoms with van der Waals surface area (Å²) in [6, 6.07) is 11.0. The fraction of sp³-hybridized carbons (Fsp3) is 0.400. The van der Waals surface area contributed by atoms with Gasteiger partial charge in [0.05, 0.1) is 18.1 Å². The molecule has 0 aromatic heterocycles. The average Bonchev–Trinajstić information content (AvgIpc) is 2.90. The highest BCUT2D eigenvalue weighted by molar-refractivity contribution is 7.89. The molecule has 36 heavy (non-hydrogen) atoms. The predicted molar refractivity (Wildman–Crippen MR) is 132 cm³/mol. The second-order valence-electron chi connectivity index (χ2n) is 7.96. The molecular weight excluding hydrogens is 486 g/mol. The number of carbonyl (C=O) groups is 1. The van der Waals surface area contributed by atoms with Crippen LogP contribution in [-0.4, -0.2) is 81.8 Å². The number of nitrogens with zero attached hydrogens (tertiary/aromatic N) is 2. The van der Waals surface area contributed by atoms with Gasteiger partial charge in [0.1, 0.15) is 30.8 Å². The van der Waals surface area contributed by atoms with E-state index in [2.05, 4.69) is 16.7 Å². The zero-order valence-electron chi connectivity index (χ0n) is 20.3. The Bertz CT molecular complexity index is 1150. The number of hydrogen-bond donors (Lipinski definition) is 2. The number of benzene rings is 2. The summed E-state index contributed by atoms with van der Waals surface area (Å²) >= 11 is 0. The van der Waals surface area contributed by atoms with Gasteiger partial charge in [-0.15, -0.1) is 5.92 Å². The van der Waals surface area contributed by atoms with Crippen molar-refractivity contribution in [2.75, 3.05) is 53.1 Å². The third kappa shape index (κ3) is 7.19. The Morgan fingerprint density at radius 3 is 2.33 bits per heavy atom. The van der Waals surface area contributed by atoms with Crippen molar-refractivity contribution in [2.45, 2.75) is 17.9 Å². The molecule has 0 spiro atoms. The van der Waals surface area contributed by atoms with E-state index in [1.165, 1.54) is 31.3 Å². The molecule has 1 saturated heterocycles. The normalized spacial score (nSPS) is 15.0. The Balaban J connectivity index is 1.70. The van der Waals surface area contributed by atoms with Gasteiger partial charge in [-0.05, 0) is 48.9 Å². The van der Waals surface area contributed by atoms with Crippen LogP contribution in [0.15, 0.2) is 53.4 Å². The Hall–Kier alpha value is -3.14. The zero-order valence-corrected chi connectivity index (χ0v) is 21.2. The number of carbonyl (C=O) groups excluding carboxylic acids is 1. The summed E-state index contributed by atoms with van der Waals surface area (Å²) in [6.07, 6.45) is 0. The van der Waals surface area contributed by atoms with Crippen molar-refractivity contribution in [3.8, 4) is 23.3 Å². The zero-order chi connectivity index (χ0) is 26.0. The first-order valence-electron chi connectivity index (χ1n) is 11.4. The van der Waals surface area contributed by atoms with Gasteiger partial charge < -0.3 is 14.2 Å². The van der Waals surface area contributed by atoms with Crippen molar-refractivity contribution in [1.29, 1.82) is 0 Å². The van der Waals surface area contributed by atoms with E-state index >= 15 is 0 Å². The summed E-state index contributed by atoms with van der Waals surface area (Å²) in [5, 5.41) is 9.30. The molecule has 0 aliphatic carbocycles. The minimum absolute atomic E-state index is 0.0299. The van der Waals surface area contributed by atoms with Crippen LogP contribution >= 0.6 is 0 Å². The van der Waals surface area contributed by atoms with Crippen molar-refractivity contribution >= 4 is 15.9 Å². The van der Waals surface area contributed by atoms with Crippen molar-refractivity contribution in [3.63, 3.8) is 0 Å². The first-order valence-corrected chi connectivity index (χ1v) is 12.9. The molecule has 3 rings (SSSR count). The smallest absolute Gasteiger partial charge is 0.266 e. The summed E-state index contributed by atoms with van der Waals surface area (Å²) in [4.78, 5) is 14.7. The average molecular weight is 518 g/mol. The Kier molecular flexibility index (Phi) is 10.1. The molecule has 2 N–H and O–H groups in total. The molecule has 1 heterocycles. The van der Waals surface area contributed by atoms with E-state index in [4.69, 9.17) is 14.2 Å². The van der Waals surface area contributed by atoms with Gasteiger partial charge in [-0.1, -0.05) is 18.1 Å². The van der Waals surface area contributed by atoms with Crippen LogP contribution in [0.4, 0.5) is 0 Å². The number of amides is 1. The van der Waals surface area contributed by atoms with Gasteiger partial charge in [0.25, 0.3) is 5.91 Å². The molecule has 1 amide bonds. The number of hydrogen-bond acceptors (Lipinski definition) is 8. The second kappa shape index (κ2) is 13.2. The lowest BCUT2D eigenvalue weighted by Crippen LogP contribution is -2.40. The number of morpholine rings is 1. The molecule has 10 nitrogen and oxygen atoms in total. The minimum Gasteiger partial charge on any atom is -0.492 e. The Labute approximate surface area is 211 Å². The standard InChI is InChI=1S/C25H31N3O7S/c1-3-4-16-34-22-9-11-23(12-10-22)36(31,32)27(2)24(25(29)26-30)20-5-7-21(8-6-20)35-19-15-28-13-17-33-18-14-28/h5-12,24,30H,13-19H2,1-2H3,(H,26,29). The van der Waals surface area contributed by atoms with Gasteiger partial charge in [0, 0.05) is 26.7 Å². The highest BCUT2D eigenvalue weighted by Crippen LogP contribution is 2.28. The number of hydroxylamine groups is 1. The predicted octanol–water partition coefficient (Wildman–Crippen LogP) is 1.67. The number of sulfonamides is 1. The summed E-state index contributed by atoms with van der Waals surface area (Å²) in [6.45, 7) is 6.29. The Morgan fingerprint density at radius 2 is 1.72 bits per heavy atom. The number of rotatable bonds is 11. The van der Waals surface area contributed by atoms with Crippen LogP contribution in [0.2, 0.25) is 0 Å². The van der Waals surface area contributed by atoms with E-state index < -0.39 is 22.0 Å². The summed E-state index contributed by atoms with van der Waals surface area (Å²) < 4.78 is 44.0. The van der Waals surface area contributed by atoms with Gasteiger partial charge >= 0.3 is 0 Å². The van der Waals surface area contributed by atoms with Crippen LogP contribution in [-0.2, 0) is 19.6 Å². The van der Waals surface area contributed by atoms with Crippen molar-refractivity contribution in [1.82, 2.24) is 14.7 Å². The second-order valence-corrected chi connectivity index (χ2v) is 9.96. The van der Waals surface area contributed by atoms with E-state index in [0.29, 0.717) is 36.9 Å². The van der Waals surface area contributed by atoms with E-state index in [1.54, 1.807) is 36.7 Å². The minimum atomic E-state index is -4.09. The van der Waals surface area contributed by atoms with Gasteiger partial charge in [0.15, 0.2) is 0 Å². The van der Waals surface area contributed by atoms with Gasteiger partial charge in [-0.3, -0.25) is 14.9 Å². The van der Waals surface area contributed by atoms with Gasteiger partial charge in [-0.2, -0.15) is 4.31 Å². The fourth-order valence-corrected chi connectivity index (χ4v) is 4.96. The van der Waals surface area contributed by atoms with Crippen LogP contribution < -0.4 is 15.0 Å². The third-order valence-electron chi connectivity index (χ3n) is 5.69. The molecule has 0 saturated carbocycles. The van der Waals surface area contributed by atoms with Crippen molar-refractivity contribution in [2.24, 2.45) is 0 Å². The van der Waals surface area contributed by atoms with E-state index in [-0.39, 0.29) is 11.5 Å². The van der Waals surface area contributed by atoms with E-state index in [9.17, 15) is 18.4 Å². The first kappa shape index (κ1) is 27.4. The lowest BCUT2D eigenvalue weighted by molar-refractivity contribution is -0.133. The quantitative estimate of drug-likeness (QED) is 0.263. The van der Waals surface area contributed by atoms with Crippen molar-refractivity contribution < 1.29 is 32.6 Å². The molecule has 1 fully saturated rings. The molecule has 194 valence electrons. The Morgan fingerprint density at radius 1 is 1.11 bits per heavy atom. The van der Waals surface area contributed by atoms with E-state index in [0.717, 1.165) is 23.9 Å². The van der Waals surface area contributed by atoms with Crippen LogP contribution in [0.1, 0.15) is 18.5 Å². The molecule has 1 unspecified atom stereocenters. The van der Waals surface area contributed by atoms with Crippen molar-refractivity contribution in [3.05, 3.63) is 54.1 Å². The molecule has 2 aromatic rings. The number of nitrogens with one attached hydrogen (secondary N) is 1. The molecule has 0 bridgehead atoms. The highest BCUT2D eigenvalue weighted by Gasteiger charge is 2.34. The molecule has 1 aliphatic heterocycles. The topological polar surface area (TPSA) is 118 Å². The summed E-state index contributed by atoms with van der Waals surface area (Å²) in [7, 11) is -2.81. The van der Waals surface area contributed by atoms with Crippen LogP contribution in [0.25, 0.3) is 0 Å². The van der Waals surface area contributed by atoms with Crippen LogP contribution in [0, 0.1) is 11.8 Å². The lowest BCUT2D eigenvalue weighted by Gasteiger charge is -2.27. The first-order chi connectivity index (χ1) is 17.4. The summed E-state index contributed by atoms with van der Waals surface area (Å²) in [5.74, 6) is 5.63. The van der Waals surface area contributed by atoms with Crippen LogP contribution in [0.3, 0.4) is 0 Å². The van der Waals surface area contributed by atoms with Crippen LogP contribution in [0.5, 0.6) is 11.5 Å². The number of likely N-dealkylation sites (N-methyl/N-ethyl adjacent to an activating group) is 1. The highest BCUT2D eigenvalue weighted by atomic mass is 32.2. The third-order valence-corrected chi connectivity index (χ3v) is 7.52. The SMILES string of the molecule is CC#CCOc1ccc(S(=O)(=O)N(C)C(C(=O)NO)c2ccc(OCCN3CCOCC3)cc2)cc1. The fourth-order valence-electron chi connectivity index (χ4n) is 3.66. The maximum atomic E-state index is 13.3. The molecular formula is C25H31N3O7S. The molecule has 11 heteroatoms. The largest absolute Gasteiger partial charge is 0.492 e. The maximum absolute atomic E-state index is 13.3. The van der Waals surface area contributed by atoms with Gasteiger partial charge in [-0.25, -0.2) is 13.9 Å². The molecule has 1 aliphatic rings. The number of ether oxygens (including phenoxy) is 3. The maximum Gasteiger partial charge on any atom is 0.266 e. The molecule has 1 atom stereocenters. The summed E-state index contributed by atoms with van der Waals surface area (Å²) in [5.41, 5.74) is 1.93.